The second-order valence-electron chi connectivity index (χ2n) is 4.47. The first kappa shape index (κ1) is 17.0. The molecule has 0 aliphatic rings. The lowest BCUT2D eigenvalue weighted by molar-refractivity contribution is -0.385. The van der Waals surface area contributed by atoms with E-state index >= 15 is 0 Å². The molecule has 0 saturated heterocycles. The lowest BCUT2D eigenvalue weighted by Crippen LogP contribution is -2.17. The Morgan fingerprint density at radius 3 is 2.33 bits per heavy atom. The van der Waals surface area contributed by atoms with Gasteiger partial charge in [-0.25, -0.2) is 5.43 Å². The molecule has 0 aromatic heterocycles. The molecule has 2 aromatic rings. The van der Waals surface area contributed by atoms with Crippen molar-refractivity contribution < 1.29 is 14.6 Å². The minimum atomic E-state index is -0.630. The fraction of sp³-hybridized carbons (Fsp3) is 0. The number of hydrogen-bond donors (Lipinski definition) is 1. The maximum atomic E-state index is 11.8. The van der Waals surface area contributed by atoms with Crippen LogP contribution < -0.4 is 5.43 Å². The smallest absolute Gasteiger partial charge is 0.267 e. The third kappa shape index (κ3) is 4.11. The Balaban J connectivity index is 2.05. The summed E-state index contributed by atoms with van der Waals surface area (Å²) in [6.45, 7) is 0. The van der Waals surface area contributed by atoms with Crippen LogP contribution in [-0.4, -0.2) is 22.0 Å². The van der Waals surface area contributed by atoms with Gasteiger partial charge in [0, 0.05) is 29.3 Å². The number of amides is 1. The molecule has 0 heterocycles. The van der Waals surface area contributed by atoms with Crippen LogP contribution in [0.15, 0.2) is 47.6 Å². The number of hydrazone groups is 1. The van der Waals surface area contributed by atoms with Gasteiger partial charge in [0.2, 0.25) is 0 Å². The van der Waals surface area contributed by atoms with Gasteiger partial charge in [0.25, 0.3) is 17.3 Å². The average Bonchev–Trinajstić information content (AvgIpc) is 2.56. The first-order valence-electron chi connectivity index (χ1n) is 6.40. The molecule has 1 N–H and O–H groups in total. The van der Waals surface area contributed by atoms with E-state index in [0.29, 0.717) is 5.56 Å². The number of rotatable bonds is 5. The van der Waals surface area contributed by atoms with Gasteiger partial charge in [0.1, 0.15) is 5.02 Å². The summed E-state index contributed by atoms with van der Waals surface area (Å²) in [5, 5.41) is 25.0. The SMILES string of the molecule is O=C(NN=Cc1ccc(Cl)c([N+](=O)[O-])c1)c1ccc([N+](=O)[O-])cc1. The van der Waals surface area contributed by atoms with Crippen molar-refractivity contribution in [2.24, 2.45) is 5.10 Å². The Hall–Kier alpha value is -3.33. The maximum absolute atomic E-state index is 11.8. The highest BCUT2D eigenvalue weighted by Gasteiger charge is 2.12. The number of halogens is 1. The Morgan fingerprint density at radius 2 is 1.75 bits per heavy atom. The summed E-state index contributed by atoms with van der Waals surface area (Å²) in [4.78, 5) is 31.9. The summed E-state index contributed by atoms with van der Waals surface area (Å²) in [6.07, 6.45) is 1.21. The van der Waals surface area contributed by atoms with Gasteiger partial charge < -0.3 is 0 Å². The minimum absolute atomic E-state index is 0.00735. The Morgan fingerprint density at radius 1 is 1.08 bits per heavy atom. The zero-order chi connectivity index (χ0) is 17.7. The zero-order valence-electron chi connectivity index (χ0n) is 11.9. The van der Waals surface area contributed by atoms with Crippen LogP contribution in [0.5, 0.6) is 0 Å². The molecule has 9 nitrogen and oxygen atoms in total. The van der Waals surface area contributed by atoms with E-state index in [9.17, 15) is 25.0 Å². The number of nitrogens with one attached hydrogen (secondary N) is 1. The number of benzene rings is 2. The molecule has 2 aromatic carbocycles. The van der Waals surface area contributed by atoms with E-state index < -0.39 is 15.8 Å². The molecule has 0 radical (unpaired) electrons. The summed E-state index contributed by atoms with van der Waals surface area (Å²) in [6, 6.07) is 9.02. The molecular weight excluding hydrogens is 340 g/mol. The summed E-state index contributed by atoms with van der Waals surface area (Å²) < 4.78 is 0. The van der Waals surface area contributed by atoms with E-state index in [1.807, 2.05) is 0 Å². The second kappa shape index (κ2) is 7.29. The average molecular weight is 349 g/mol. The van der Waals surface area contributed by atoms with Crippen LogP contribution in [-0.2, 0) is 0 Å². The van der Waals surface area contributed by atoms with Gasteiger partial charge in [-0.05, 0) is 18.2 Å². The number of non-ortho nitro benzene ring substituents is 1. The van der Waals surface area contributed by atoms with Crippen LogP contribution in [0.2, 0.25) is 5.02 Å². The van der Waals surface area contributed by atoms with E-state index in [1.165, 1.54) is 48.7 Å². The highest BCUT2D eigenvalue weighted by molar-refractivity contribution is 6.32. The predicted molar refractivity (Wildman–Crippen MR) is 86.3 cm³/mol. The Kier molecular flexibility index (Phi) is 5.17. The molecule has 0 saturated carbocycles. The highest BCUT2D eigenvalue weighted by Crippen LogP contribution is 2.24. The molecule has 122 valence electrons. The first-order valence-corrected chi connectivity index (χ1v) is 6.78. The van der Waals surface area contributed by atoms with E-state index in [1.54, 1.807) is 0 Å². The van der Waals surface area contributed by atoms with Gasteiger partial charge in [0.05, 0.1) is 16.1 Å². The van der Waals surface area contributed by atoms with Crippen molar-refractivity contribution in [1.29, 1.82) is 0 Å². The number of nitro benzene ring substituents is 2. The quantitative estimate of drug-likeness (QED) is 0.504. The van der Waals surface area contributed by atoms with Crippen molar-refractivity contribution in [1.82, 2.24) is 5.43 Å². The van der Waals surface area contributed by atoms with E-state index in [2.05, 4.69) is 10.5 Å². The molecule has 0 bridgehead atoms. The number of hydrogen-bond acceptors (Lipinski definition) is 6. The molecular formula is C14H9ClN4O5. The van der Waals surface area contributed by atoms with Crippen LogP contribution in [0.25, 0.3) is 0 Å². The van der Waals surface area contributed by atoms with Crippen LogP contribution in [0, 0.1) is 20.2 Å². The van der Waals surface area contributed by atoms with Crippen molar-refractivity contribution in [3.8, 4) is 0 Å². The number of carbonyl (C=O) groups excluding carboxylic acids is 1. The van der Waals surface area contributed by atoms with Crippen molar-refractivity contribution in [3.05, 3.63) is 78.8 Å². The molecule has 24 heavy (non-hydrogen) atoms. The van der Waals surface area contributed by atoms with Crippen molar-refractivity contribution >= 4 is 35.1 Å². The maximum Gasteiger partial charge on any atom is 0.288 e. The van der Waals surface area contributed by atoms with Crippen molar-refractivity contribution in [2.75, 3.05) is 0 Å². The first-order chi connectivity index (χ1) is 11.4. The molecule has 2 rings (SSSR count). The third-order valence-corrected chi connectivity index (χ3v) is 3.21. The van der Waals surface area contributed by atoms with Gasteiger partial charge in [-0.3, -0.25) is 25.0 Å². The molecule has 0 unspecified atom stereocenters. The molecule has 0 aliphatic carbocycles. The largest absolute Gasteiger partial charge is 0.288 e. The monoisotopic (exact) mass is 348 g/mol. The van der Waals surface area contributed by atoms with Gasteiger partial charge in [-0.1, -0.05) is 17.7 Å². The summed E-state index contributed by atoms with van der Waals surface area (Å²) >= 11 is 5.69. The van der Waals surface area contributed by atoms with E-state index in [4.69, 9.17) is 11.6 Å². The lowest BCUT2D eigenvalue weighted by Gasteiger charge is -2.00. The van der Waals surface area contributed by atoms with Crippen LogP contribution in [0.3, 0.4) is 0 Å². The lowest BCUT2D eigenvalue weighted by atomic mass is 10.2. The normalized spacial score (nSPS) is 10.5. The molecule has 10 heteroatoms. The number of nitrogens with zero attached hydrogens (tertiary/aromatic N) is 3. The van der Waals surface area contributed by atoms with Crippen LogP contribution >= 0.6 is 11.6 Å². The number of nitro groups is 2. The van der Waals surface area contributed by atoms with E-state index in [-0.39, 0.29) is 22.0 Å². The number of carbonyl (C=O) groups is 1. The summed E-state index contributed by atoms with van der Waals surface area (Å²) in [5.41, 5.74) is 2.36. The zero-order valence-corrected chi connectivity index (χ0v) is 12.6. The van der Waals surface area contributed by atoms with Crippen molar-refractivity contribution in [3.63, 3.8) is 0 Å². The topological polar surface area (TPSA) is 128 Å². The second-order valence-corrected chi connectivity index (χ2v) is 4.88. The van der Waals surface area contributed by atoms with Crippen molar-refractivity contribution in [2.45, 2.75) is 0 Å². The Labute approximate surface area is 139 Å². The summed E-state index contributed by atoms with van der Waals surface area (Å²) in [7, 11) is 0. The third-order valence-electron chi connectivity index (χ3n) is 2.89. The Bertz CT molecular complexity index is 836. The summed E-state index contributed by atoms with van der Waals surface area (Å²) in [5.74, 6) is -0.579. The van der Waals surface area contributed by atoms with Gasteiger partial charge in [0.15, 0.2) is 0 Å². The van der Waals surface area contributed by atoms with Crippen LogP contribution in [0.4, 0.5) is 11.4 Å². The minimum Gasteiger partial charge on any atom is -0.267 e. The van der Waals surface area contributed by atoms with Gasteiger partial charge in [-0.2, -0.15) is 5.10 Å². The molecule has 0 spiro atoms. The molecule has 0 atom stereocenters. The standard InChI is InChI=1S/C14H9ClN4O5/c15-12-6-1-9(7-13(12)19(23)24)8-16-17-14(20)10-2-4-11(5-3-10)18(21)22/h1-8H,(H,17,20). The van der Waals surface area contributed by atoms with E-state index in [0.717, 1.165) is 0 Å². The predicted octanol–water partition coefficient (Wildman–Crippen LogP) is 2.92. The highest BCUT2D eigenvalue weighted by atomic mass is 35.5. The molecule has 1 amide bonds. The van der Waals surface area contributed by atoms with Crippen LogP contribution in [0.1, 0.15) is 15.9 Å². The fourth-order valence-electron chi connectivity index (χ4n) is 1.71. The van der Waals surface area contributed by atoms with Gasteiger partial charge in [-0.15, -0.1) is 0 Å². The molecule has 0 fully saturated rings. The molecule has 0 aliphatic heterocycles. The van der Waals surface area contributed by atoms with Gasteiger partial charge >= 0.3 is 0 Å². The fourth-order valence-corrected chi connectivity index (χ4v) is 1.90.